The number of hydrogen-bond acceptors (Lipinski definition) is 6. The van der Waals surface area contributed by atoms with Gasteiger partial charge >= 0.3 is 0 Å². The van der Waals surface area contributed by atoms with Crippen LogP contribution in [0.1, 0.15) is 22.1 Å². The van der Waals surface area contributed by atoms with Crippen LogP contribution in [-0.4, -0.2) is 61.8 Å². The highest BCUT2D eigenvalue weighted by Gasteiger charge is 2.23. The van der Waals surface area contributed by atoms with E-state index in [0.717, 1.165) is 18.8 Å². The van der Waals surface area contributed by atoms with Crippen molar-refractivity contribution in [3.05, 3.63) is 60.0 Å². The zero-order valence-corrected chi connectivity index (χ0v) is 14.6. The Morgan fingerprint density at radius 1 is 1.19 bits per heavy atom. The molecule has 0 radical (unpaired) electrons. The molecule has 0 saturated carbocycles. The Bertz CT molecular complexity index is 881. The van der Waals surface area contributed by atoms with Crippen LogP contribution in [0.4, 0.5) is 0 Å². The second kappa shape index (κ2) is 7.09. The van der Waals surface area contributed by atoms with Gasteiger partial charge in [-0.1, -0.05) is 11.2 Å². The molecular weight excluding hydrogens is 332 g/mol. The molecule has 4 rings (SSSR count). The minimum atomic E-state index is 0.0501. The van der Waals surface area contributed by atoms with E-state index in [1.54, 1.807) is 17.8 Å². The van der Waals surface area contributed by atoms with E-state index in [1.165, 1.54) is 0 Å². The third-order valence-corrected chi connectivity index (χ3v) is 4.46. The number of piperazine rings is 1. The average molecular weight is 352 g/mol. The van der Waals surface area contributed by atoms with E-state index in [-0.39, 0.29) is 5.91 Å². The highest BCUT2D eigenvalue weighted by Crippen LogP contribution is 2.14. The fourth-order valence-corrected chi connectivity index (χ4v) is 3.10. The van der Waals surface area contributed by atoms with Crippen LogP contribution >= 0.6 is 0 Å². The van der Waals surface area contributed by atoms with Gasteiger partial charge in [-0.3, -0.25) is 9.69 Å². The van der Waals surface area contributed by atoms with Crippen molar-refractivity contribution in [1.29, 1.82) is 0 Å². The van der Waals surface area contributed by atoms with Crippen molar-refractivity contribution >= 4 is 5.91 Å². The summed E-state index contributed by atoms with van der Waals surface area (Å²) >= 11 is 0. The molecular formula is C18H20N6O2. The molecule has 1 aliphatic rings. The van der Waals surface area contributed by atoms with Crippen LogP contribution in [0, 0.1) is 6.92 Å². The van der Waals surface area contributed by atoms with Gasteiger partial charge in [0.15, 0.2) is 5.82 Å². The van der Waals surface area contributed by atoms with Crippen molar-refractivity contribution in [1.82, 2.24) is 29.7 Å². The van der Waals surface area contributed by atoms with Gasteiger partial charge in [0.05, 0.1) is 12.2 Å². The maximum atomic E-state index is 12.8. The molecule has 3 aromatic rings. The van der Waals surface area contributed by atoms with Crippen molar-refractivity contribution < 1.29 is 9.32 Å². The second-order valence-electron chi connectivity index (χ2n) is 6.30. The highest BCUT2D eigenvalue weighted by molar-refractivity contribution is 5.94. The van der Waals surface area contributed by atoms with E-state index in [1.807, 2.05) is 41.4 Å². The minimum absolute atomic E-state index is 0.0501. The first-order valence-corrected chi connectivity index (χ1v) is 8.60. The molecule has 8 nitrogen and oxygen atoms in total. The van der Waals surface area contributed by atoms with Gasteiger partial charge in [-0.25, -0.2) is 4.68 Å². The van der Waals surface area contributed by atoms with E-state index in [9.17, 15) is 4.79 Å². The minimum Gasteiger partial charge on any atom is -0.340 e. The molecule has 1 saturated heterocycles. The lowest BCUT2D eigenvalue weighted by atomic mass is 10.1. The first-order valence-electron chi connectivity index (χ1n) is 8.60. The molecule has 8 heteroatoms. The number of benzene rings is 1. The Balaban J connectivity index is 1.38. The number of carbonyl (C=O) groups excluding carboxylic acids is 1. The monoisotopic (exact) mass is 352 g/mol. The first kappa shape index (κ1) is 16.5. The molecule has 3 heterocycles. The molecule has 0 N–H and O–H groups in total. The maximum Gasteiger partial charge on any atom is 0.254 e. The van der Waals surface area contributed by atoms with E-state index in [0.29, 0.717) is 36.9 Å². The van der Waals surface area contributed by atoms with E-state index in [4.69, 9.17) is 4.52 Å². The Hall–Kier alpha value is -3.00. The Kier molecular flexibility index (Phi) is 4.49. The molecule has 0 atom stereocenters. The number of aromatic nitrogens is 4. The average Bonchev–Trinajstić information content (AvgIpc) is 3.34. The predicted molar refractivity (Wildman–Crippen MR) is 93.8 cm³/mol. The maximum absolute atomic E-state index is 12.8. The molecule has 1 fully saturated rings. The summed E-state index contributed by atoms with van der Waals surface area (Å²) in [4.78, 5) is 21.2. The van der Waals surface area contributed by atoms with Gasteiger partial charge < -0.3 is 9.42 Å². The van der Waals surface area contributed by atoms with Crippen molar-refractivity contribution in [3.8, 4) is 5.69 Å². The quantitative estimate of drug-likeness (QED) is 0.708. The fraction of sp³-hybridized carbons (Fsp3) is 0.333. The van der Waals surface area contributed by atoms with Crippen LogP contribution in [0.2, 0.25) is 0 Å². The molecule has 1 aromatic carbocycles. The zero-order valence-electron chi connectivity index (χ0n) is 14.6. The number of hydrogen-bond donors (Lipinski definition) is 0. The van der Waals surface area contributed by atoms with Crippen LogP contribution in [0.15, 0.2) is 47.2 Å². The number of nitrogens with zero attached hydrogens (tertiary/aromatic N) is 6. The molecule has 0 aliphatic carbocycles. The summed E-state index contributed by atoms with van der Waals surface area (Å²) in [6.45, 7) is 5.37. The number of rotatable bonds is 4. The molecule has 0 spiro atoms. The van der Waals surface area contributed by atoms with E-state index in [2.05, 4.69) is 20.1 Å². The van der Waals surface area contributed by atoms with Gasteiger partial charge in [-0.2, -0.15) is 10.1 Å². The van der Waals surface area contributed by atoms with Gasteiger partial charge in [0.2, 0.25) is 5.89 Å². The number of carbonyl (C=O) groups is 1. The van der Waals surface area contributed by atoms with Crippen molar-refractivity contribution in [2.45, 2.75) is 13.5 Å². The Labute approximate surface area is 151 Å². The van der Waals surface area contributed by atoms with Gasteiger partial charge in [0.1, 0.15) is 0 Å². The van der Waals surface area contributed by atoms with Gasteiger partial charge in [0.25, 0.3) is 5.91 Å². The second-order valence-corrected chi connectivity index (χ2v) is 6.30. The van der Waals surface area contributed by atoms with Crippen LogP contribution in [0.3, 0.4) is 0 Å². The van der Waals surface area contributed by atoms with Crippen molar-refractivity contribution in [3.63, 3.8) is 0 Å². The smallest absolute Gasteiger partial charge is 0.254 e. The van der Waals surface area contributed by atoms with Gasteiger partial charge in [-0.05, 0) is 24.3 Å². The highest BCUT2D eigenvalue weighted by atomic mass is 16.5. The number of aryl methyl sites for hydroxylation is 1. The normalized spacial score (nSPS) is 15.3. The Morgan fingerprint density at radius 2 is 2.04 bits per heavy atom. The molecule has 134 valence electrons. The zero-order chi connectivity index (χ0) is 17.9. The molecule has 0 bridgehead atoms. The summed E-state index contributed by atoms with van der Waals surface area (Å²) in [5, 5.41) is 8.15. The van der Waals surface area contributed by atoms with Crippen LogP contribution in [0.5, 0.6) is 0 Å². The van der Waals surface area contributed by atoms with Crippen LogP contribution in [0.25, 0.3) is 5.69 Å². The van der Waals surface area contributed by atoms with Crippen molar-refractivity contribution in [2.24, 2.45) is 0 Å². The lowest BCUT2D eigenvalue weighted by Crippen LogP contribution is -2.48. The molecule has 1 aliphatic heterocycles. The van der Waals surface area contributed by atoms with Gasteiger partial charge in [-0.15, -0.1) is 0 Å². The SMILES string of the molecule is Cc1nc(CN2CCN(C(=O)c3cccc(-n4cccn4)c3)CC2)no1. The number of amides is 1. The standard InChI is InChI=1S/C18H20N6O2/c1-14-20-17(21-26-14)13-22-8-10-23(11-9-22)18(25)15-4-2-5-16(12-15)24-7-3-6-19-24/h2-7,12H,8-11,13H2,1H3. The van der Waals surface area contributed by atoms with Gasteiger partial charge in [0, 0.05) is 51.1 Å². The summed E-state index contributed by atoms with van der Waals surface area (Å²) in [6, 6.07) is 9.42. The summed E-state index contributed by atoms with van der Waals surface area (Å²) in [7, 11) is 0. The Morgan fingerprint density at radius 3 is 2.73 bits per heavy atom. The third-order valence-electron chi connectivity index (χ3n) is 4.46. The fourth-order valence-electron chi connectivity index (χ4n) is 3.10. The summed E-state index contributed by atoms with van der Waals surface area (Å²) in [6.07, 6.45) is 3.58. The predicted octanol–water partition coefficient (Wildman–Crippen LogP) is 1.52. The lowest BCUT2D eigenvalue weighted by Gasteiger charge is -2.34. The summed E-state index contributed by atoms with van der Waals surface area (Å²) in [5.41, 5.74) is 1.56. The largest absolute Gasteiger partial charge is 0.340 e. The van der Waals surface area contributed by atoms with Crippen molar-refractivity contribution in [2.75, 3.05) is 26.2 Å². The summed E-state index contributed by atoms with van der Waals surface area (Å²) in [5.74, 6) is 1.31. The first-order chi connectivity index (χ1) is 12.7. The lowest BCUT2D eigenvalue weighted by molar-refractivity contribution is 0.0624. The molecule has 0 unspecified atom stereocenters. The molecule has 1 amide bonds. The van der Waals surface area contributed by atoms with Crippen LogP contribution < -0.4 is 0 Å². The third kappa shape index (κ3) is 3.50. The summed E-state index contributed by atoms with van der Waals surface area (Å²) < 4.78 is 6.76. The topological polar surface area (TPSA) is 80.3 Å². The van der Waals surface area contributed by atoms with Crippen LogP contribution in [-0.2, 0) is 6.54 Å². The van der Waals surface area contributed by atoms with E-state index < -0.39 is 0 Å². The molecule has 26 heavy (non-hydrogen) atoms. The van der Waals surface area contributed by atoms with E-state index >= 15 is 0 Å². The molecule has 2 aromatic heterocycles.